The lowest BCUT2D eigenvalue weighted by molar-refractivity contribution is 0.603. The van der Waals surface area contributed by atoms with Crippen LogP contribution >= 0.6 is 11.3 Å². The largest absolute Gasteiger partial charge is 0.382 e. The normalized spacial score (nSPS) is 18.7. The van der Waals surface area contributed by atoms with E-state index in [0.29, 0.717) is 10.6 Å². The Kier molecular flexibility index (Phi) is 1.61. The molecule has 0 unspecified atom stereocenters. The van der Waals surface area contributed by atoms with E-state index in [1.807, 2.05) is 6.92 Å². The van der Waals surface area contributed by atoms with E-state index in [0.717, 1.165) is 4.88 Å². The van der Waals surface area contributed by atoms with Crippen molar-refractivity contribution in [2.45, 2.75) is 6.92 Å². The number of nitrogens with one attached hydrogen (secondary N) is 1. The van der Waals surface area contributed by atoms with Crippen LogP contribution in [0.2, 0.25) is 0 Å². The van der Waals surface area contributed by atoms with Gasteiger partial charge in [-0.05, 0) is 13.0 Å². The molecule has 0 spiro atoms. The Hall–Kier alpha value is -1.08. The fourth-order valence-electron chi connectivity index (χ4n) is 1.11. The van der Waals surface area contributed by atoms with Gasteiger partial charge in [-0.25, -0.2) is 0 Å². The average molecular weight is 217 g/mol. The third kappa shape index (κ3) is 1.40. The predicted octanol–water partition coefficient (Wildman–Crippen LogP) is 0.432. The first-order valence-electron chi connectivity index (χ1n) is 3.47. The first kappa shape index (κ1) is 8.52. The highest BCUT2D eigenvalue weighted by Gasteiger charge is 2.22. The van der Waals surface area contributed by atoms with Gasteiger partial charge < -0.3 is 5.73 Å². The van der Waals surface area contributed by atoms with Crippen LogP contribution in [-0.2, 0) is 10.2 Å². The summed E-state index contributed by atoms with van der Waals surface area (Å²) in [5.41, 5.74) is 6.00. The molecular weight excluding hydrogens is 210 g/mol. The third-order valence-corrected chi connectivity index (χ3v) is 3.53. The second-order valence-electron chi connectivity index (χ2n) is 2.65. The third-order valence-electron chi connectivity index (χ3n) is 1.55. The van der Waals surface area contributed by atoms with Crippen molar-refractivity contribution >= 4 is 33.1 Å². The fourth-order valence-corrected chi connectivity index (χ4v) is 2.94. The summed E-state index contributed by atoms with van der Waals surface area (Å²) >= 11 is 1.42. The maximum atomic E-state index is 11.1. The molecule has 3 N–H and O–H groups in total. The molecule has 2 rings (SSSR count). The first-order chi connectivity index (χ1) is 5.98. The monoisotopic (exact) mass is 217 g/mol. The number of rotatable bonds is 0. The van der Waals surface area contributed by atoms with E-state index in [4.69, 9.17) is 5.73 Å². The molecule has 1 aliphatic heterocycles. The highest BCUT2D eigenvalue weighted by Crippen LogP contribution is 2.30. The number of amidine groups is 1. The van der Waals surface area contributed by atoms with Gasteiger partial charge in [0.15, 0.2) is 5.84 Å². The summed E-state index contributed by atoms with van der Waals surface area (Å²) in [6.07, 6.45) is 0. The zero-order chi connectivity index (χ0) is 9.64. The second-order valence-corrected chi connectivity index (χ2v) is 5.25. The first-order valence-corrected chi connectivity index (χ1v) is 5.72. The van der Waals surface area contributed by atoms with E-state index < -0.39 is 10.2 Å². The molecule has 0 atom stereocenters. The lowest BCUT2D eigenvalue weighted by atomic mass is 10.3. The molecular formula is C6H7N3O2S2. The highest BCUT2D eigenvalue weighted by molar-refractivity contribution is 7.91. The molecule has 0 aliphatic carbocycles. The Balaban J connectivity index is 2.67. The maximum Gasteiger partial charge on any atom is 0.344 e. The SMILES string of the molecule is Cc1cc2c(s1)C(N)=NS(=O)(=O)N2. The van der Waals surface area contributed by atoms with Crippen LogP contribution in [0.3, 0.4) is 0 Å². The van der Waals surface area contributed by atoms with Crippen LogP contribution in [0.1, 0.15) is 9.75 Å². The minimum atomic E-state index is -3.61. The fraction of sp³-hybridized carbons (Fsp3) is 0.167. The van der Waals surface area contributed by atoms with Gasteiger partial charge in [0.25, 0.3) is 0 Å². The zero-order valence-corrected chi connectivity index (χ0v) is 8.37. The molecule has 70 valence electrons. The van der Waals surface area contributed by atoms with Crippen molar-refractivity contribution < 1.29 is 8.42 Å². The Labute approximate surface area is 79.5 Å². The van der Waals surface area contributed by atoms with E-state index in [9.17, 15) is 8.42 Å². The molecule has 0 saturated heterocycles. The number of thiophene rings is 1. The van der Waals surface area contributed by atoms with Gasteiger partial charge in [-0.15, -0.1) is 15.7 Å². The molecule has 0 aromatic carbocycles. The molecule has 13 heavy (non-hydrogen) atoms. The zero-order valence-electron chi connectivity index (χ0n) is 6.73. The molecule has 5 nitrogen and oxygen atoms in total. The molecule has 0 fully saturated rings. The van der Waals surface area contributed by atoms with Gasteiger partial charge in [0, 0.05) is 4.88 Å². The molecule has 1 aromatic rings. The van der Waals surface area contributed by atoms with Crippen molar-refractivity contribution in [1.29, 1.82) is 0 Å². The maximum absolute atomic E-state index is 11.1. The van der Waals surface area contributed by atoms with Gasteiger partial charge in [-0.1, -0.05) is 0 Å². The van der Waals surface area contributed by atoms with Crippen molar-refractivity contribution in [3.05, 3.63) is 15.8 Å². The van der Waals surface area contributed by atoms with Crippen LogP contribution in [0.4, 0.5) is 5.69 Å². The van der Waals surface area contributed by atoms with Crippen molar-refractivity contribution in [3.63, 3.8) is 0 Å². The summed E-state index contributed by atoms with van der Waals surface area (Å²) in [6, 6.07) is 1.74. The van der Waals surface area contributed by atoms with Crippen LogP contribution in [0.25, 0.3) is 0 Å². The number of fused-ring (bicyclic) bond motifs is 1. The van der Waals surface area contributed by atoms with E-state index in [1.54, 1.807) is 6.07 Å². The molecule has 0 amide bonds. The second kappa shape index (κ2) is 2.46. The number of aryl methyl sites for hydroxylation is 1. The Morgan fingerprint density at radius 1 is 1.62 bits per heavy atom. The smallest absolute Gasteiger partial charge is 0.344 e. The molecule has 2 heterocycles. The minimum Gasteiger partial charge on any atom is -0.382 e. The van der Waals surface area contributed by atoms with E-state index in [1.165, 1.54) is 11.3 Å². The van der Waals surface area contributed by atoms with Crippen LogP contribution in [0.5, 0.6) is 0 Å². The van der Waals surface area contributed by atoms with Gasteiger partial charge in [-0.3, -0.25) is 4.72 Å². The molecule has 0 bridgehead atoms. The molecule has 0 saturated carbocycles. The molecule has 1 aliphatic rings. The topological polar surface area (TPSA) is 84.5 Å². The predicted molar refractivity (Wildman–Crippen MR) is 52.3 cm³/mol. The number of nitrogens with zero attached hydrogens (tertiary/aromatic N) is 1. The summed E-state index contributed by atoms with van der Waals surface area (Å²) in [5.74, 6) is 0.0619. The molecule has 7 heteroatoms. The van der Waals surface area contributed by atoms with Gasteiger partial charge in [0.1, 0.15) is 0 Å². The summed E-state index contributed by atoms with van der Waals surface area (Å²) < 4.78 is 27.8. The summed E-state index contributed by atoms with van der Waals surface area (Å²) in [5, 5.41) is 0. The van der Waals surface area contributed by atoms with E-state index in [-0.39, 0.29) is 5.84 Å². The van der Waals surface area contributed by atoms with Crippen molar-refractivity contribution in [1.82, 2.24) is 0 Å². The van der Waals surface area contributed by atoms with Crippen LogP contribution in [0.15, 0.2) is 10.5 Å². The van der Waals surface area contributed by atoms with Crippen molar-refractivity contribution in [2.24, 2.45) is 10.1 Å². The van der Waals surface area contributed by atoms with Crippen LogP contribution in [0, 0.1) is 6.92 Å². The quantitative estimate of drug-likeness (QED) is 0.661. The lowest BCUT2D eigenvalue weighted by Gasteiger charge is -2.10. The van der Waals surface area contributed by atoms with Gasteiger partial charge in [0.2, 0.25) is 0 Å². The summed E-state index contributed by atoms with van der Waals surface area (Å²) in [4.78, 5) is 1.68. The minimum absolute atomic E-state index is 0.0619. The van der Waals surface area contributed by atoms with Gasteiger partial charge >= 0.3 is 10.2 Å². The Morgan fingerprint density at radius 2 is 2.31 bits per heavy atom. The number of hydrogen-bond acceptors (Lipinski definition) is 4. The Morgan fingerprint density at radius 3 is 3.00 bits per heavy atom. The molecule has 1 aromatic heterocycles. The highest BCUT2D eigenvalue weighted by atomic mass is 32.2. The molecule has 0 radical (unpaired) electrons. The summed E-state index contributed by atoms with van der Waals surface area (Å²) in [7, 11) is -3.61. The average Bonchev–Trinajstić information content (AvgIpc) is 2.27. The standard InChI is InChI=1S/C6H7N3O2S2/c1-3-2-4-5(12-3)6(7)9-13(10,11)8-4/h2,8H,1H3,(H2,7,9). The van der Waals surface area contributed by atoms with E-state index in [2.05, 4.69) is 9.12 Å². The lowest BCUT2D eigenvalue weighted by Crippen LogP contribution is -2.24. The van der Waals surface area contributed by atoms with Crippen LogP contribution in [-0.4, -0.2) is 14.3 Å². The Bertz CT molecular complexity index is 486. The van der Waals surface area contributed by atoms with Crippen molar-refractivity contribution in [3.8, 4) is 0 Å². The van der Waals surface area contributed by atoms with Gasteiger partial charge in [0.05, 0.1) is 10.6 Å². The number of hydrogen-bond donors (Lipinski definition) is 2. The summed E-state index contributed by atoms with van der Waals surface area (Å²) in [6.45, 7) is 1.88. The number of nitrogens with two attached hydrogens (primary N) is 1. The van der Waals surface area contributed by atoms with Crippen LogP contribution < -0.4 is 10.5 Å². The van der Waals surface area contributed by atoms with E-state index >= 15 is 0 Å². The van der Waals surface area contributed by atoms with Gasteiger partial charge in [-0.2, -0.15) is 8.42 Å². The number of anilines is 1. The van der Waals surface area contributed by atoms with Crippen molar-refractivity contribution in [2.75, 3.05) is 4.72 Å².